The number of aromatic nitrogens is 3. The molecule has 134 valence electrons. The van der Waals surface area contributed by atoms with Crippen molar-refractivity contribution >= 4 is 34.5 Å². The van der Waals surface area contributed by atoms with Gasteiger partial charge in [0.15, 0.2) is 17.3 Å². The monoisotopic (exact) mass is 351 g/mol. The van der Waals surface area contributed by atoms with E-state index >= 15 is 0 Å². The number of amidine groups is 2. The molecule has 0 saturated carbocycles. The summed E-state index contributed by atoms with van der Waals surface area (Å²) in [6.45, 7) is 1.86. The lowest BCUT2D eigenvalue weighted by atomic mass is 10.2. The van der Waals surface area contributed by atoms with Gasteiger partial charge < -0.3 is 15.5 Å². The zero-order valence-electron chi connectivity index (χ0n) is 14.8. The number of nitrogens with one attached hydrogen (secondary N) is 1. The standard InChI is InChI=1S/C17H21N9/c1-24(2)14-5-8-26-17(22-14)13(10-20-26)21-15-11(18)9-12(19)16(23-15)25-6-3-4-7-25/h5,8-10,18H,3-4,6-7,19H2,1-2H3. The molecule has 26 heavy (non-hydrogen) atoms. The molecule has 9 heteroatoms. The molecule has 0 atom stereocenters. The van der Waals surface area contributed by atoms with Gasteiger partial charge in [0.05, 0.1) is 11.9 Å². The van der Waals surface area contributed by atoms with Crippen molar-refractivity contribution in [3.05, 3.63) is 30.2 Å². The lowest BCUT2D eigenvalue weighted by molar-refractivity contribution is 0.519. The SMILES string of the molecule is CN(C)c1ccn2ncc(N=C3N=C(N4CCCC4)C(N)=CC3=N)c2n1. The minimum Gasteiger partial charge on any atom is -0.396 e. The van der Waals surface area contributed by atoms with Gasteiger partial charge in [-0.1, -0.05) is 0 Å². The van der Waals surface area contributed by atoms with Gasteiger partial charge in [0.1, 0.15) is 17.2 Å². The number of nitrogens with two attached hydrogens (primary N) is 1. The van der Waals surface area contributed by atoms with E-state index in [0.29, 0.717) is 28.7 Å². The zero-order chi connectivity index (χ0) is 18.3. The summed E-state index contributed by atoms with van der Waals surface area (Å²) in [5.41, 5.74) is 7.99. The number of dihydropyridines is 1. The van der Waals surface area contributed by atoms with Gasteiger partial charge in [0.2, 0.25) is 0 Å². The van der Waals surface area contributed by atoms with Crippen LogP contribution in [0.3, 0.4) is 0 Å². The molecule has 1 fully saturated rings. The Morgan fingerprint density at radius 3 is 2.77 bits per heavy atom. The molecule has 0 unspecified atom stereocenters. The molecule has 2 aliphatic rings. The molecule has 0 bridgehead atoms. The Hall–Kier alpha value is -3.23. The third-order valence-corrected chi connectivity index (χ3v) is 4.44. The second-order valence-electron chi connectivity index (χ2n) is 6.56. The molecule has 0 spiro atoms. The van der Waals surface area contributed by atoms with E-state index < -0.39 is 0 Å². The smallest absolute Gasteiger partial charge is 0.183 e. The Morgan fingerprint density at radius 1 is 1.27 bits per heavy atom. The molecule has 0 amide bonds. The van der Waals surface area contributed by atoms with E-state index in [-0.39, 0.29) is 5.71 Å². The highest BCUT2D eigenvalue weighted by atomic mass is 15.3. The van der Waals surface area contributed by atoms with Crippen molar-refractivity contribution in [3.63, 3.8) is 0 Å². The van der Waals surface area contributed by atoms with Gasteiger partial charge in [-0.25, -0.2) is 19.5 Å². The maximum absolute atomic E-state index is 8.19. The maximum atomic E-state index is 8.19. The van der Waals surface area contributed by atoms with Crippen molar-refractivity contribution in [2.24, 2.45) is 15.7 Å². The first-order valence-electron chi connectivity index (χ1n) is 8.53. The number of aliphatic imine (C=N–C) groups is 2. The van der Waals surface area contributed by atoms with Crippen LogP contribution in [0.25, 0.3) is 5.65 Å². The molecular formula is C17H21N9. The molecule has 0 radical (unpaired) electrons. The number of likely N-dealkylation sites (tertiary alicyclic amines) is 1. The Balaban J connectivity index is 1.76. The Labute approximate surface area is 151 Å². The minimum atomic E-state index is 0.188. The van der Waals surface area contributed by atoms with Gasteiger partial charge in [-0.3, -0.25) is 5.41 Å². The molecule has 0 aromatic carbocycles. The topological polar surface area (TPSA) is 111 Å². The second-order valence-corrected chi connectivity index (χ2v) is 6.56. The predicted molar refractivity (Wildman–Crippen MR) is 103 cm³/mol. The van der Waals surface area contributed by atoms with Gasteiger partial charge in [-0.15, -0.1) is 0 Å². The van der Waals surface area contributed by atoms with Crippen LogP contribution in [0.2, 0.25) is 0 Å². The fraction of sp³-hybridized carbons (Fsp3) is 0.353. The van der Waals surface area contributed by atoms with Crippen LogP contribution in [0, 0.1) is 5.41 Å². The molecule has 2 aromatic rings. The van der Waals surface area contributed by atoms with Gasteiger partial charge in [-0.05, 0) is 25.0 Å². The number of fused-ring (bicyclic) bond motifs is 1. The number of anilines is 1. The molecule has 9 nitrogen and oxygen atoms in total. The normalized spacial score (nSPS) is 19.2. The van der Waals surface area contributed by atoms with Crippen molar-refractivity contribution in [2.75, 3.05) is 32.1 Å². The van der Waals surface area contributed by atoms with Crippen molar-refractivity contribution in [2.45, 2.75) is 12.8 Å². The average Bonchev–Trinajstić information content (AvgIpc) is 3.27. The van der Waals surface area contributed by atoms with Crippen LogP contribution in [0.1, 0.15) is 12.8 Å². The molecular weight excluding hydrogens is 330 g/mol. The van der Waals surface area contributed by atoms with Crippen LogP contribution >= 0.6 is 0 Å². The van der Waals surface area contributed by atoms with Crippen molar-refractivity contribution in [1.29, 1.82) is 5.41 Å². The molecule has 0 aliphatic carbocycles. The van der Waals surface area contributed by atoms with Gasteiger partial charge in [0.25, 0.3) is 0 Å². The van der Waals surface area contributed by atoms with Crippen LogP contribution in [0.15, 0.2) is 40.2 Å². The zero-order valence-corrected chi connectivity index (χ0v) is 14.8. The van der Waals surface area contributed by atoms with E-state index in [1.165, 1.54) is 0 Å². The fourth-order valence-electron chi connectivity index (χ4n) is 3.07. The molecule has 2 aromatic heterocycles. The highest BCUT2D eigenvalue weighted by Gasteiger charge is 2.24. The van der Waals surface area contributed by atoms with Gasteiger partial charge >= 0.3 is 0 Å². The van der Waals surface area contributed by atoms with Crippen LogP contribution in [0.5, 0.6) is 0 Å². The van der Waals surface area contributed by atoms with E-state index in [2.05, 4.69) is 25.0 Å². The predicted octanol–water partition coefficient (Wildman–Crippen LogP) is 1.20. The third-order valence-electron chi connectivity index (χ3n) is 4.44. The highest BCUT2D eigenvalue weighted by Crippen LogP contribution is 2.22. The third kappa shape index (κ3) is 2.81. The first-order chi connectivity index (χ1) is 12.5. The number of rotatable bonds is 2. The van der Waals surface area contributed by atoms with Crippen LogP contribution < -0.4 is 10.6 Å². The average molecular weight is 351 g/mol. The molecule has 1 saturated heterocycles. The summed E-state index contributed by atoms with van der Waals surface area (Å²) in [4.78, 5) is 17.8. The number of nitrogens with zero attached hydrogens (tertiary/aromatic N) is 7. The van der Waals surface area contributed by atoms with Crippen molar-refractivity contribution in [3.8, 4) is 0 Å². The number of hydrogen-bond acceptors (Lipinski definition) is 7. The molecule has 3 N–H and O–H groups in total. The first kappa shape index (κ1) is 16.2. The Kier molecular flexibility index (Phi) is 3.90. The quantitative estimate of drug-likeness (QED) is 0.844. The van der Waals surface area contributed by atoms with E-state index in [1.807, 2.05) is 31.3 Å². The van der Waals surface area contributed by atoms with E-state index in [9.17, 15) is 0 Å². The van der Waals surface area contributed by atoms with Gasteiger partial charge in [0, 0.05) is 33.4 Å². The van der Waals surface area contributed by atoms with E-state index in [0.717, 1.165) is 31.7 Å². The van der Waals surface area contributed by atoms with Crippen LogP contribution in [-0.4, -0.2) is 64.1 Å². The minimum absolute atomic E-state index is 0.188. The maximum Gasteiger partial charge on any atom is 0.183 e. The number of hydrogen-bond donors (Lipinski definition) is 2. The lowest BCUT2D eigenvalue weighted by Crippen LogP contribution is -2.36. The van der Waals surface area contributed by atoms with E-state index in [4.69, 9.17) is 11.1 Å². The molecule has 4 rings (SSSR count). The summed E-state index contributed by atoms with van der Waals surface area (Å²) in [5.74, 6) is 1.84. The lowest BCUT2D eigenvalue weighted by Gasteiger charge is -2.23. The van der Waals surface area contributed by atoms with Crippen LogP contribution in [0.4, 0.5) is 11.5 Å². The molecule has 2 aliphatic heterocycles. The summed E-state index contributed by atoms with van der Waals surface area (Å²) in [6, 6.07) is 1.88. The molecule has 4 heterocycles. The summed E-state index contributed by atoms with van der Waals surface area (Å²) in [7, 11) is 3.86. The summed E-state index contributed by atoms with van der Waals surface area (Å²) < 4.78 is 1.66. The highest BCUT2D eigenvalue weighted by molar-refractivity contribution is 6.49. The fourth-order valence-corrected chi connectivity index (χ4v) is 3.07. The largest absolute Gasteiger partial charge is 0.396 e. The van der Waals surface area contributed by atoms with Gasteiger partial charge in [-0.2, -0.15) is 5.10 Å². The van der Waals surface area contributed by atoms with E-state index in [1.54, 1.807) is 16.8 Å². The Morgan fingerprint density at radius 2 is 2.04 bits per heavy atom. The Bertz CT molecular complexity index is 958. The summed E-state index contributed by atoms with van der Waals surface area (Å²) >= 11 is 0. The summed E-state index contributed by atoms with van der Waals surface area (Å²) in [6.07, 6.45) is 7.34. The first-order valence-corrected chi connectivity index (χ1v) is 8.53. The van der Waals surface area contributed by atoms with Crippen molar-refractivity contribution in [1.82, 2.24) is 19.5 Å². The summed E-state index contributed by atoms with van der Waals surface area (Å²) in [5, 5.41) is 12.5. The second kappa shape index (κ2) is 6.25. The van der Waals surface area contributed by atoms with Crippen LogP contribution in [-0.2, 0) is 0 Å². The van der Waals surface area contributed by atoms with Crippen molar-refractivity contribution < 1.29 is 0 Å².